The molecule has 2 aromatic rings. The van der Waals surface area contributed by atoms with Gasteiger partial charge in [-0.25, -0.2) is 4.39 Å². The van der Waals surface area contributed by atoms with Gasteiger partial charge in [-0.15, -0.1) is 0 Å². The maximum atomic E-state index is 13.8. The van der Waals surface area contributed by atoms with Gasteiger partial charge in [-0.1, -0.05) is 6.07 Å². The molecule has 4 rings (SSSR count). The van der Waals surface area contributed by atoms with Gasteiger partial charge >= 0.3 is 0 Å². The lowest BCUT2D eigenvalue weighted by Gasteiger charge is -2.35. The van der Waals surface area contributed by atoms with Crippen LogP contribution in [0.1, 0.15) is 17.2 Å². The minimum absolute atomic E-state index is 0.213. The zero-order valence-electron chi connectivity index (χ0n) is 14.3. The molecule has 2 aromatic carbocycles. The van der Waals surface area contributed by atoms with Gasteiger partial charge in [-0.3, -0.25) is 0 Å². The number of nitrogens with one attached hydrogen (secondary N) is 2. The van der Waals surface area contributed by atoms with Crippen molar-refractivity contribution in [2.75, 3.05) is 20.8 Å². The van der Waals surface area contributed by atoms with E-state index in [2.05, 4.69) is 10.6 Å². The first kappa shape index (κ1) is 16.7. The molecular formula is C19H17FN2O3S. The van der Waals surface area contributed by atoms with Gasteiger partial charge in [-0.2, -0.15) is 0 Å². The van der Waals surface area contributed by atoms with Crippen LogP contribution in [-0.2, 0) is 0 Å². The van der Waals surface area contributed by atoms with Crippen LogP contribution >= 0.6 is 12.2 Å². The third-order valence-electron chi connectivity index (χ3n) is 4.52. The van der Waals surface area contributed by atoms with Crippen molar-refractivity contribution in [1.29, 1.82) is 0 Å². The molecule has 2 aliphatic rings. The molecule has 134 valence electrons. The first-order chi connectivity index (χ1) is 12.6. The normalized spacial score (nSPS) is 18.1. The van der Waals surface area contributed by atoms with Crippen molar-refractivity contribution in [1.82, 2.24) is 10.6 Å². The Morgan fingerprint density at radius 3 is 2.69 bits per heavy atom. The fraction of sp³-hybridized carbons (Fsp3) is 0.211. The van der Waals surface area contributed by atoms with Crippen molar-refractivity contribution < 1.29 is 18.6 Å². The van der Waals surface area contributed by atoms with Crippen LogP contribution in [0, 0.1) is 5.82 Å². The molecular weight excluding hydrogens is 355 g/mol. The second-order valence-corrected chi connectivity index (χ2v) is 6.38. The smallest absolute Gasteiger partial charge is 0.171 e. The topological polar surface area (TPSA) is 51.8 Å². The molecule has 0 fully saturated rings. The summed E-state index contributed by atoms with van der Waals surface area (Å²) in [4.78, 5) is 0. The van der Waals surface area contributed by atoms with E-state index in [-0.39, 0.29) is 11.9 Å². The molecule has 0 spiro atoms. The molecule has 2 heterocycles. The van der Waals surface area contributed by atoms with Gasteiger partial charge in [-0.05, 0) is 48.1 Å². The number of methoxy groups -OCH3 is 2. The van der Waals surface area contributed by atoms with Crippen molar-refractivity contribution in [2.24, 2.45) is 0 Å². The molecule has 0 saturated carbocycles. The summed E-state index contributed by atoms with van der Waals surface area (Å²) in [6, 6.07) is 9.95. The van der Waals surface area contributed by atoms with Gasteiger partial charge in [0.2, 0.25) is 0 Å². The van der Waals surface area contributed by atoms with Crippen molar-refractivity contribution in [3.8, 4) is 17.2 Å². The van der Waals surface area contributed by atoms with Crippen molar-refractivity contribution in [3.63, 3.8) is 0 Å². The van der Waals surface area contributed by atoms with E-state index in [9.17, 15) is 4.39 Å². The molecule has 7 heteroatoms. The molecule has 5 nitrogen and oxygen atoms in total. The van der Waals surface area contributed by atoms with Crippen LogP contribution in [0.15, 0.2) is 42.0 Å². The second-order valence-electron chi connectivity index (χ2n) is 5.98. The predicted octanol–water partition coefficient (Wildman–Crippen LogP) is 3.17. The largest absolute Gasteiger partial charge is 0.493 e. The number of fused-ring (bicyclic) bond motifs is 2. The molecule has 0 aliphatic carbocycles. The SMILES string of the molecule is COc1ccc(C2NC(=S)NC3=C2COc2ccc(F)cc23)cc1OC. The first-order valence-electron chi connectivity index (χ1n) is 8.06. The van der Waals surface area contributed by atoms with E-state index in [0.29, 0.717) is 34.5 Å². The van der Waals surface area contributed by atoms with E-state index in [1.54, 1.807) is 20.3 Å². The maximum absolute atomic E-state index is 13.8. The maximum Gasteiger partial charge on any atom is 0.171 e. The van der Waals surface area contributed by atoms with E-state index < -0.39 is 0 Å². The molecule has 2 N–H and O–H groups in total. The zero-order valence-corrected chi connectivity index (χ0v) is 15.1. The Morgan fingerprint density at radius 1 is 1.12 bits per heavy atom. The first-order valence-corrected chi connectivity index (χ1v) is 8.46. The number of ether oxygens (including phenoxy) is 3. The molecule has 1 unspecified atom stereocenters. The number of halogens is 1. The van der Waals surface area contributed by atoms with Gasteiger partial charge in [0, 0.05) is 11.1 Å². The van der Waals surface area contributed by atoms with E-state index in [4.69, 9.17) is 26.4 Å². The summed E-state index contributed by atoms with van der Waals surface area (Å²) in [5.74, 6) is 1.58. The van der Waals surface area contributed by atoms with Crippen molar-refractivity contribution >= 4 is 23.0 Å². The predicted molar refractivity (Wildman–Crippen MR) is 100.0 cm³/mol. The quantitative estimate of drug-likeness (QED) is 0.808. The summed E-state index contributed by atoms with van der Waals surface area (Å²) in [6.07, 6.45) is 0. The van der Waals surface area contributed by atoms with E-state index >= 15 is 0 Å². The van der Waals surface area contributed by atoms with Crippen LogP contribution < -0.4 is 24.8 Å². The number of hydrogen-bond donors (Lipinski definition) is 2. The molecule has 26 heavy (non-hydrogen) atoms. The highest BCUT2D eigenvalue weighted by Crippen LogP contribution is 2.40. The van der Waals surface area contributed by atoms with Crippen LogP contribution in [-0.4, -0.2) is 25.9 Å². The molecule has 2 aliphatic heterocycles. The standard InChI is InChI=1S/C19H17FN2O3S/c1-23-15-5-3-10(7-16(15)24-2)17-13-9-25-14-6-4-11(20)8-12(14)18(13)22-19(26)21-17/h3-8,17H,9H2,1-2H3,(H2,21,22,26). The Labute approximate surface area is 155 Å². The van der Waals surface area contributed by atoms with E-state index in [1.165, 1.54) is 12.1 Å². The van der Waals surface area contributed by atoms with Gasteiger partial charge < -0.3 is 24.8 Å². The lowest BCUT2D eigenvalue weighted by molar-refractivity contribution is 0.330. The number of hydrogen-bond acceptors (Lipinski definition) is 4. The number of thiocarbonyl (C=S) groups is 1. The zero-order chi connectivity index (χ0) is 18.3. The molecule has 0 bridgehead atoms. The summed E-state index contributed by atoms with van der Waals surface area (Å²) < 4.78 is 30.3. The molecule has 1 atom stereocenters. The monoisotopic (exact) mass is 372 g/mol. The lowest BCUT2D eigenvalue weighted by Crippen LogP contribution is -2.45. The van der Waals surface area contributed by atoms with Crippen LogP contribution in [0.3, 0.4) is 0 Å². The minimum atomic E-state index is -0.324. The van der Waals surface area contributed by atoms with Crippen LogP contribution in [0.2, 0.25) is 0 Å². The molecule has 0 amide bonds. The Kier molecular flexibility index (Phi) is 4.16. The lowest BCUT2D eigenvalue weighted by atomic mass is 9.91. The summed E-state index contributed by atoms with van der Waals surface area (Å²) >= 11 is 5.38. The summed E-state index contributed by atoms with van der Waals surface area (Å²) in [5, 5.41) is 6.88. The van der Waals surface area contributed by atoms with E-state index in [0.717, 1.165) is 16.8 Å². The third kappa shape index (κ3) is 2.74. The highest BCUT2D eigenvalue weighted by atomic mass is 32.1. The van der Waals surface area contributed by atoms with E-state index in [1.807, 2.05) is 18.2 Å². The average molecular weight is 372 g/mol. The Bertz CT molecular complexity index is 929. The highest BCUT2D eigenvalue weighted by molar-refractivity contribution is 7.80. The molecule has 0 radical (unpaired) electrons. The highest BCUT2D eigenvalue weighted by Gasteiger charge is 2.32. The van der Waals surface area contributed by atoms with Gasteiger partial charge in [0.05, 0.1) is 26.0 Å². The Hall–Kier alpha value is -2.80. The fourth-order valence-electron chi connectivity index (χ4n) is 3.28. The number of rotatable bonds is 3. The summed E-state index contributed by atoms with van der Waals surface area (Å²) in [7, 11) is 3.19. The fourth-order valence-corrected chi connectivity index (χ4v) is 3.50. The van der Waals surface area contributed by atoms with Gasteiger partial charge in [0.1, 0.15) is 18.2 Å². The Balaban J connectivity index is 1.83. The van der Waals surface area contributed by atoms with Crippen molar-refractivity contribution in [3.05, 3.63) is 58.9 Å². The van der Waals surface area contributed by atoms with Crippen molar-refractivity contribution in [2.45, 2.75) is 6.04 Å². The Morgan fingerprint density at radius 2 is 1.92 bits per heavy atom. The number of benzene rings is 2. The average Bonchev–Trinajstić information content (AvgIpc) is 2.66. The van der Waals surface area contributed by atoms with Crippen LogP contribution in [0.5, 0.6) is 17.2 Å². The summed E-state index contributed by atoms with van der Waals surface area (Å²) in [5.41, 5.74) is 3.35. The van der Waals surface area contributed by atoms with Crippen LogP contribution in [0.4, 0.5) is 4.39 Å². The molecule has 0 aromatic heterocycles. The van der Waals surface area contributed by atoms with Gasteiger partial charge in [0.15, 0.2) is 16.6 Å². The third-order valence-corrected chi connectivity index (χ3v) is 4.74. The molecule has 0 saturated heterocycles. The van der Waals surface area contributed by atoms with Gasteiger partial charge in [0.25, 0.3) is 0 Å². The minimum Gasteiger partial charge on any atom is -0.493 e. The summed E-state index contributed by atoms with van der Waals surface area (Å²) in [6.45, 7) is 0.371. The second kappa shape index (κ2) is 6.49. The van der Waals surface area contributed by atoms with Crippen LogP contribution in [0.25, 0.3) is 5.70 Å².